The molecule has 4 nitrogen and oxygen atoms in total. The fourth-order valence-electron chi connectivity index (χ4n) is 3.84. The second-order valence-corrected chi connectivity index (χ2v) is 8.39. The maximum Gasteiger partial charge on any atom is 0.410 e. The summed E-state index contributed by atoms with van der Waals surface area (Å²) < 4.78 is 5.51. The van der Waals surface area contributed by atoms with Crippen molar-refractivity contribution in [3.8, 4) is 0 Å². The van der Waals surface area contributed by atoms with E-state index in [2.05, 4.69) is 12.2 Å². The van der Waals surface area contributed by atoms with Gasteiger partial charge in [0.1, 0.15) is 5.60 Å². The summed E-state index contributed by atoms with van der Waals surface area (Å²) in [6, 6.07) is 1.25. The molecule has 1 heterocycles. The monoisotopic (exact) mass is 324 g/mol. The smallest absolute Gasteiger partial charge is 0.410 e. The Hall–Kier alpha value is -0.770. The van der Waals surface area contributed by atoms with Crippen LogP contribution in [0.2, 0.25) is 0 Å². The van der Waals surface area contributed by atoms with Gasteiger partial charge in [-0.2, -0.15) is 0 Å². The van der Waals surface area contributed by atoms with Gasteiger partial charge in [0.2, 0.25) is 0 Å². The van der Waals surface area contributed by atoms with Crippen LogP contribution < -0.4 is 5.32 Å². The Morgan fingerprint density at radius 1 is 1.04 bits per heavy atom. The third-order valence-corrected chi connectivity index (χ3v) is 5.28. The van der Waals surface area contributed by atoms with E-state index in [1.807, 2.05) is 25.7 Å². The molecule has 0 bridgehead atoms. The van der Waals surface area contributed by atoms with E-state index in [-0.39, 0.29) is 6.09 Å². The van der Waals surface area contributed by atoms with E-state index in [4.69, 9.17) is 4.74 Å². The Labute approximate surface area is 142 Å². The molecule has 0 radical (unpaired) electrons. The molecule has 1 aliphatic heterocycles. The van der Waals surface area contributed by atoms with Gasteiger partial charge in [0, 0.05) is 25.2 Å². The Morgan fingerprint density at radius 2 is 1.70 bits per heavy atom. The predicted octanol–water partition coefficient (Wildman–Crippen LogP) is 4.33. The zero-order chi connectivity index (χ0) is 16.9. The van der Waals surface area contributed by atoms with E-state index in [1.165, 1.54) is 38.5 Å². The van der Waals surface area contributed by atoms with Crippen molar-refractivity contribution in [2.75, 3.05) is 13.1 Å². The van der Waals surface area contributed by atoms with Crippen molar-refractivity contribution in [3.05, 3.63) is 0 Å². The topological polar surface area (TPSA) is 41.6 Å². The van der Waals surface area contributed by atoms with Gasteiger partial charge in [0.05, 0.1) is 0 Å². The second-order valence-electron chi connectivity index (χ2n) is 8.39. The van der Waals surface area contributed by atoms with Crippen molar-refractivity contribution in [3.63, 3.8) is 0 Å². The zero-order valence-corrected chi connectivity index (χ0v) is 15.6. The molecule has 1 unspecified atom stereocenters. The molecule has 0 aromatic heterocycles. The van der Waals surface area contributed by atoms with Crippen LogP contribution in [0.1, 0.15) is 79.1 Å². The molecular weight excluding hydrogens is 288 g/mol. The molecule has 1 saturated heterocycles. The minimum absolute atomic E-state index is 0.151. The Balaban J connectivity index is 1.74. The standard InChI is InChI=1S/C19H36N2O2/c1-5-15-8-10-17(11-9-15)20-16-7-6-13-21(14-12-16)18(22)23-19(2,3)4/h15-17,20H,5-14H2,1-4H3. The zero-order valence-electron chi connectivity index (χ0n) is 15.6. The molecule has 2 fully saturated rings. The number of hydrogen-bond acceptors (Lipinski definition) is 3. The molecule has 0 spiro atoms. The lowest BCUT2D eigenvalue weighted by Gasteiger charge is -2.31. The maximum absolute atomic E-state index is 12.2. The van der Waals surface area contributed by atoms with Gasteiger partial charge in [-0.15, -0.1) is 0 Å². The maximum atomic E-state index is 12.2. The van der Waals surface area contributed by atoms with Gasteiger partial charge in [-0.05, 0) is 71.6 Å². The number of amides is 1. The summed E-state index contributed by atoms with van der Waals surface area (Å²) in [5.74, 6) is 0.949. The van der Waals surface area contributed by atoms with Crippen molar-refractivity contribution in [1.82, 2.24) is 10.2 Å². The highest BCUT2D eigenvalue weighted by Crippen LogP contribution is 2.27. The van der Waals surface area contributed by atoms with Gasteiger partial charge in [0.15, 0.2) is 0 Å². The number of likely N-dealkylation sites (tertiary alicyclic amines) is 1. The summed E-state index contributed by atoms with van der Waals surface area (Å²) in [4.78, 5) is 14.1. The molecule has 0 aromatic carbocycles. The summed E-state index contributed by atoms with van der Waals surface area (Å²) in [6.07, 6.45) is 9.88. The fraction of sp³-hybridized carbons (Fsp3) is 0.947. The molecule has 23 heavy (non-hydrogen) atoms. The molecule has 1 saturated carbocycles. The van der Waals surface area contributed by atoms with Crippen molar-refractivity contribution in [2.45, 2.75) is 96.7 Å². The highest BCUT2D eigenvalue weighted by molar-refractivity contribution is 5.68. The molecule has 1 amide bonds. The Bertz CT molecular complexity index is 370. The van der Waals surface area contributed by atoms with Gasteiger partial charge >= 0.3 is 6.09 Å². The highest BCUT2D eigenvalue weighted by atomic mass is 16.6. The number of nitrogens with zero attached hydrogens (tertiary/aromatic N) is 1. The van der Waals surface area contributed by atoms with Crippen LogP contribution >= 0.6 is 0 Å². The molecule has 2 rings (SSSR count). The second kappa shape index (κ2) is 8.36. The van der Waals surface area contributed by atoms with E-state index < -0.39 is 5.60 Å². The van der Waals surface area contributed by atoms with Gasteiger partial charge in [-0.25, -0.2) is 4.79 Å². The van der Waals surface area contributed by atoms with E-state index in [1.54, 1.807) is 0 Å². The minimum atomic E-state index is -0.404. The molecule has 4 heteroatoms. The molecule has 1 aliphatic carbocycles. The van der Waals surface area contributed by atoms with Crippen molar-refractivity contribution in [2.24, 2.45) is 5.92 Å². The van der Waals surface area contributed by atoms with Crippen molar-refractivity contribution >= 4 is 6.09 Å². The lowest BCUT2D eigenvalue weighted by Crippen LogP contribution is -2.41. The van der Waals surface area contributed by atoms with Crippen LogP contribution in [0.3, 0.4) is 0 Å². The van der Waals surface area contributed by atoms with Crippen LogP contribution in [-0.4, -0.2) is 41.8 Å². The van der Waals surface area contributed by atoms with Crippen molar-refractivity contribution in [1.29, 1.82) is 0 Å². The SMILES string of the molecule is CCC1CCC(NC2CCCN(C(=O)OC(C)(C)C)CC2)CC1. The molecule has 2 aliphatic rings. The molecule has 1 N–H and O–H groups in total. The van der Waals surface area contributed by atoms with Crippen LogP contribution in [0.4, 0.5) is 4.79 Å². The normalized spacial score (nSPS) is 29.9. The summed E-state index contributed by atoms with van der Waals surface area (Å²) in [5.41, 5.74) is -0.404. The predicted molar refractivity (Wildman–Crippen MR) is 94.6 cm³/mol. The summed E-state index contributed by atoms with van der Waals surface area (Å²) in [6.45, 7) is 9.75. The first kappa shape index (κ1) is 18.6. The summed E-state index contributed by atoms with van der Waals surface area (Å²) in [7, 11) is 0. The minimum Gasteiger partial charge on any atom is -0.444 e. The number of rotatable bonds is 3. The van der Waals surface area contributed by atoms with Gasteiger partial charge in [0.25, 0.3) is 0 Å². The fourth-order valence-corrected chi connectivity index (χ4v) is 3.84. The Morgan fingerprint density at radius 3 is 2.30 bits per heavy atom. The number of ether oxygens (including phenoxy) is 1. The average Bonchev–Trinajstić information content (AvgIpc) is 2.72. The molecular formula is C19H36N2O2. The van der Waals surface area contributed by atoms with Gasteiger partial charge in [-0.3, -0.25) is 0 Å². The Kier molecular flexibility index (Phi) is 6.75. The summed E-state index contributed by atoms with van der Waals surface area (Å²) >= 11 is 0. The average molecular weight is 325 g/mol. The lowest BCUT2D eigenvalue weighted by atomic mass is 9.84. The number of nitrogens with one attached hydrogen (secondary N) is 1. The van der Waals surface area contributed by atoms with Crippen LogP contribution in [0.15, 0.2) is 0 Å². The van der Waals surface area contributed by atoms with E-state index in [0.717, 1.165) is 31.8 Å². The summed E-state index contributed by atoms with van der Waals surface area (Å²) in [5, 5.41) is 3.87. The van der Waals surface area contributed by atoms with Crippen LogP contribution in [0, 0.1) is 5.92 Å². The number of hydrogen-bond donors (Lipinski definition) is 1. The van der Waals surface area contributed by atoms with Gasteiger partial charge in [-0.1, -0.05) is 13.3 Å². The quantitative estimate of drug-likeness (QED) is 0.840. The van der Waals surface area contributed by atoms with Gasteiger partial charge < -0.3 is 15.0 Å². The van der Waals surface area contributed by atoms with E-state index in [9.17, 15) is 4.79 Å². The first-order valence-electron chi connectivity index (χ1n) is 9.61. The van der Waals surface area contributed by atoms with Crippen LogP contribution in [0.25, 0.3) is 0 Å². The van der Waals surface area contributed by atoms with Crippen LogP contribution in [0.5, 0.6) is 0 Å². The molecule has 0 aromatic rings. The number of carbonyl (C=O) groups is 1. The van der Waals surface area contributed by atoms with E-state index >= 15 is 0 Å². The molecule has 134 valence electrons. The largest absolute Gasteiger partial charge is 0.444 e. The van der Waals surface area contributed by atoms with Crippen molar-refractivity contribution < 1.29 is 9.53 Å². The van der Waals surface area contributed by atoms with E-state index in [0.29, 0.717) is 12.1 Å². The highest BCUT2D eigenvalue weighted by Gasteiger charge is 2.27. The number of carbonyl (C=O) groups excluding carboxylic acids is 1. The third-order valence-electron chi connectivity index (χ3n) is 5.28. The lowest BCUT2D eigenvalue weighted by molar-refractivity contribution is 0.0256. The molecule has 1 atom stereocenters. The van der Waals surface area contributed by atoms with Crippen LogP contribution in [-0.2, 0) is 4.74 Å². The first-order chi connectivity index (χ1) is 10.9. The first-order valence-corrected chi connectivity index (χ1v) is 9.61. The third kappa shape index (κ3) is 6.33.